The molecule has 0 saturated heterocycles. The maximum atomic E-state index is 11.9. The molecular weight excluding hydrogens is 224 g/mol. The van der Waals surface area contributed by atoms with Crippen molar-refractivity contribution >= 4 is 5.97 Å². The molecule has 0 fully saturated rings. The summed E-state index contributed by atoms with van der Waals surface area (Å²) in [6.07, 6.45) is 4.22. The summed E-state index contributed by atoms with van der Waals surface area (Å²) in [7, 11) is 0. The Hall–Kier alpha value is -1.31. The highest BCUT2D eigenvalue weighted by atomic mass is 16.5. The van der Waals surface area contributed by atoms with Gasteiger partial charge in [-0.05, 0) is 37.3 Å². The van der Waals surface area contributed by atoms with Crippen molar-refractivity contribution in [2.24, 2.45) is 5.92 Å². The van der Waals surface area contributed by atoms with Crippen LogP contribution in [-0.2, 0) is 4.74 Å². The van der Waals surface area contributed by atoms with Gasteiger partial charge in [0, 0.05) is 0 Å². The molecule has 0 bridgehead atoms. The highest BCUT2D eigenvalue weighted by molar-refractivity contribution is 5.89. The Kier molecular flexibility index (Phi) is 6.48. The van der Waals surface area contributed by atoms with Gasteiger partial charge in [-0.2, -0.15) is 0 Å². The number of benzene rings is 1. The van der Waals surface area contributed by atoms with Crippen LogP contribution in [0.25, 0.3) is 0 Å². The fourth-order valence-corrected chi connectivity index (χ4v) is 1.89. The second kappa shape index (κ2) is 7.91. The lowest BCUT2D eigenvalue weighted by Gasteiger charge is -2.16. The van der Waals surface area contributed by atoms with Crippen molar-refractivity contribution in [3.05, 3.63) is 35.9 Å². The summed E-state index contributed by atoms with van der Waals surface area (Å²) in [6, 6.07) is 9.20. The summed E-state index contributed by atoms with van der Waals surface area (Å²) in [5, 5.41) is 0. The number of carbonyl (C=O) groups excluding carboxylic acids is 1. The molecule has 0 aliphatic rings. The third kappa shape index (κ3) is 5.35. The van der Waals surface area contributed by atoms with Crippen LogP contribution in [0.4, 0.5) is 0 Å². The summed E-state index contributed by atoms with van der Waals surface area (Å²) in [5.41, 5.74) is 0.639. The minimum atomic E-state index is -0.202. The van der Waals surface area contributed by atoms with Crippen LogP contribution in [-0.4, -0.2) is 12.1 Å². The fourth-order valence-electron chi connectivity index (χ4n) is 1.89. The molecule has 1 rings (SSSR count). The van der Waals surface area contributed by atoms with Crippen LogP contribution in [0.3, 0.4) is 0 Å². The number of hydrogen-bond donors (Lipinski definition) is 0. The van der Waals surface area contributed by atoms with Crippen molar-refractivity contribution in [2.45, 2.75) is 52.6 Å². The van der Waals surface area contributed by atoms with E-state index in [-0.39, 0.29) is 12.1 Å². The second-order valence-corrected chi connectivity index (χ2v) is 5.13. The van der Waals surface area contributed by atoms with Gasteiger partial charge in [0.15, 0.2) is 0 Å². The van der Waals surface area contributed by atoms with Crippen molar-refractivity contribution in [1.29, 1.82) is 0 Å². The Morgan fingerprint density at radius 3 is 2.39 bits per heavy atom. The Bertz CT molecular complexity index is 343. The first-order chi connectivity index (χ1) is 8.63. The average Bonchev–Trinajstić information content (AvgIpc) is 2.38. The van der Waals surface area contributed by atoms with Crippen molar-refractivity contribution in [2.75, 3.05) is 0 Å². The summed E-state index contributed by atoms with van der Waals surface area (Å²) in [4.78, 5) is 11.9. The molecule has 0 aliphatic heterocycles. The minimum absolute atomic E-state index is 0.0523. The Labute approximate surface area is 110 Å². The SMILES string of the molecule is CCC(CCCC(C)C)OC(=O)c1ccccc1. The van der Waals surface area contributed by atoms with Gasteiger partial charge >= 0.3 is 5.97 Å². The first-order valence-electron chi connectivity index (χ1n) is 6.89. The third-order valence-corrected chi connectivity index (χ3v) is 3.05. The summed E-state index contributed by atoms with van der Waals surface area (Å²) >= 11 is 0. The zero-order valence-corrected chi connectivity index (χ0v) is 11.7. The van der Waals surface area contributed by atoms with Gasteiger partial charge in [0.1, 0.15) is 6.10 Å². The smallest absolute Gasteiger partial charge is 0.338 e. The van der Waals surface area contributed by atoms with E-state index in [9.17, 15) is 4.79 Å². The molecule has 100 valence electrons. The molecule has 0 radical (unpaired) electrons. The van der Waals surface area contributed by atoms with Crippen LogP contribution >= 0.6 is 0 Å². The average molecular weight is 248 g/mol. The number of carbonyl (C=O) groups is 1. The fraction of sp³-hybridized carbons (Fsp3) is 0.562. The molecule has 1 aromatic rings. The number of esters is 1. The highest BCUT2D eigenvalue weighted by Crippen LogP contribution is 2.14. The first kappa shape index (κ1) is 14.7. The molecule has 0 amide bonds. The molecule has 0 spiro atoms. The van der Waals surface area contributed by atoms with Crippen molar-refractivity contribution in [1.82, 2.24) is 0 Å². The molecule has 0 aliphatic carbocycles. The summed E-state index contributed by atoms with van der Waals surface area (Å²) in [6.45, 7) is 6.51. The van der Waals surface area contributed by atoms with Gasteiger partial charge in [0.2, 0.25) is 0 Å². The van der Waals surface area contributed by atoms with Gasteiger partial charge in [-0.3, -0.25) is 0 Å². The molecule has 0 N–H and O–H groups in total. The molecule has 1 unspecified atom stereocenters. The molecule has 1 aromatic carbocycles. The van der Waals surface area contributed by atoms with E-state index in [4.69, 9.17) is 4.74 Å². The second-order valence-electron chi connectivity index (χ2n) is 5.13. The Morgan fingerprint density at radius 1 is 1.17 bits per heavy atom. The van der Waals surface area contributed by atoms with Crippen molar-refractivity contribution < 1.29 is 9.53 Å². The molecule has 18 heavy (non-hydrogen) atoms. The lowest BCUT2D eigenvalue weighted by atomic mass is 10.0. The standard InChI is InChI=1S/C16H24O2/c1-4-15(12-8-9-13(2)3)18-16(17)14-10-6-5-7-11-14/h5-7,10-11,13,15H,4,8-9,12H2,1-3H3. The van der Waals surface area contributed by atoms with Crippen LogP contribution in [0.15, 0.2) is 30.3 Å². The van der Waals surface area contributed by atoms with Gasteiger partial charge in [0.05, 0.1) is 5.56 Å². The monoisotopic (exact) mass is 248 g/mol. The predicted octanol–water partition coefficient (Wildman–Crippen LogP) is 4.45. The molecule has 0 heterocycles. The van der Waals surface area contributed by atoms with E-state index in [1.165, 1.54) is 6.42 Å². The van der Waals surface area contributed by atoms with Crippen LogP contribution in [0.5, 0.6) is 0 Å². The number of rotatable bonds is 7. The van der Waals surface area contributed by atoms with Crippen LogP contribution < -0.4 is 0 Å². The largest absolute Gasteiger partial charge is 0.459 e. The van der Waals surface area contributed by atoms with Crippen LogP contribution in [0.2, 0.25) is 0 Å². The van der Waals surface area contributed by atoms with Gasteiger partial charge in [-0.25, -0.2) is 4.79 Å². The zero-order valence-electron chi connectivity index (χ0n) is 11.7. The number of ether oxygens (including phenoxy) is 1. The van der Waals surface area contributed by atoms with E-state index in [1.54, 1.807) is 12.1 Å². The van der Waals surface area contributed by atoms with Gasteiger partial charge in [0.25, 0.3) is 0 Å². The first-order valence-corrected chi connectivity index (χ1v) is 6.89. The van der Waals surface area contributed by atoms with Crippen molar-refractivity contribution in [3.8, 4) is 0 Å². The van der Waals surface area contributed by atoms with Crippen molar-refractivity contribution in [3.63, 3.8) is 0 Å². The molecule has 0 saturated carbocycles. The van der Waals surface area contributed by atoms with E-state index < -0.39 is 0 Å². The maximum absolute atomic E-state index is 11.9. The van der Waals surface area contributed by atoms with Crippen LogP contribution in [0, 0.1) is 5.92 Å². The molecule has 2 heteroatoms. The lowest BCUT2D eigenvalue weighted by Crippen LogP contribution is -2.17. The summed E-state index contributed by atoms with van der Waals surface area (Å²) < 4.78 is 5.53. The maximum Gasteiger partial charge on any atom is 0.338 e. The Balaban J connectivity index is 2.41. The quantitative estimate of drug-likeness (QED) is 0.666. The zero-order chi connectivity index (χ0) is 13.4. The normalized spacial score (nSPS) is 12.4. The minimum Gasteiger partial charge on any atom is -0.459 e. The molecule has 0 aromatic heterocycles. The van der Waals surface area contributed by atoms with Gasteiger partial charge in [-0.1, -0.05) is 45.4 Å². The molecule has 2 nitrogen and oxygen atoms in total. The Morgan fingerprint density at radius 2 is 1.83 bits per heavy atom. The van der Waals surface area contributed by atoms with Gasteiger partial charge in [-0.15, -0.1) is 0 Å². The topological polar surface area (TPSA) is 26.3 Å². The lowest BCUT2D eigenvalue weighted by molar-refractivity contribution is 0.0265. The number of hydrogen-bond acceptors (Lipinski definition) is 2. The summed E-state index contributed by atoms with van der Waals surface area (Å²) in [5.74, 6) is 0.513. The highest BCUT2D eigenvalue weighted by Gasteiger charge is 2.13. The van der Waals surface area contributed by atoms with E-state index in [0.29, 0.717) is 11.5 Å². The third-order valence-electron chi connectivity index (χ3n) is 3.05. The van der Waals surface area contributed by atoms with E-state index in [0.717, 1.165) is 19.3 Å². The predicted molar refractivity (Wildman–Crippen MR) is 74.6 cm³/mol. The molecule has 1 atom stereocenters. The van der Waals surface area contributed by atoms with E-state index >= 15 is 0 Å². The van der Waals surface area contributed by atoms with E-state index in [2.05, 4.69) is 20.8 Å². The van der Waals surface area contributed by atoms with Crippen LogP contribution in [0.1, 0.15) is 56.8 Å². The van der Waals surface area contributed by atoms with Gasteiger partial charge < -0.3 is 4.74 Å². The molecular formula is C16H24O2. The van der Waals surface area contributed by atoms with E-state index in [1.807, 2.05) is 18.2 Å².